The topological polar surface area (TPSA) is 20.3 Å². The zero-order chi connectivity index (χ0) is 12.1. The van der Waals surface area contributed by atoms with Crippen LogP contribution >= 0.6 is 11.3 Å². The molecule has 2 nitrogen and oxygen atoms in total. The number of nitrogens with zero attached hydrogens (tertiary/aromatic N) is 1. The van der Waals surface area contributed by atoms with Crippen molar-refractivity contribution in [3.05, 3.63) is 22.4 Å². The first-order valence-corrected chi connectivity index (χ1v) is 7.39. The largest absolute Gasteiger partial charge is 0.300 e. The average Bonchev–Trinajstić information content (AvgIpc) is 3.01. The lowest BCUT2D eigenvalue weighted by Gasteiger charge is -2.21. The molecule has 0 unspecified atom stereocenters. The number of hydrogen-bond donors (Lipinski definition) is 0. The van der Waals surface area contributed by atoms with Gasteiger partial charge in [0.25, 0.3) is 0 Å². The van der Waals surface area contributed by atoms with E-state index in [-0.39, 0.29) is 0 Å². The number of ketones is 1. The van der Waals surface area contributed by atoms with E-state index in [0.717, 1.165) is 38.4 Å². The van der Waals surface area contributed by atoms with E-state index in [2.05, 4.69) is 22.4 Å². The zero-order valence-corrected chi connectivity index (χ0v) is 11.3. The van der Waals surface area contributed by atoms with Crippen molar-refractivity contribution < 1.29 is 4.79 Å². The average molecular weight is 251 g/mol. The molecule has 1 aliphatic carbocycles. The van der Waals surface area contributed by atoms with E-state index in [9.17, 15) is 4.79 Å². The van der Waals surface area contributed by atoms with Crippen LogP contribution in [-0.2, 0) is 11.3 Å². The summed E-state index contributed by atoms with van der Waals surface area (Å²) < 4.78 is 0. The Kier molecular flexibility index (Phi) is 4.75. The zero-order valence-electron chi connectivity index (χ0n) is 10.5. The molecule has 3 heteroatoms. The summed E-state index contributed by atoms with van der Waals surface area (Å²) in [7, 11) is 0. The van der Waals surface area contributed by atoms with Gasteiger partial charge in [-0.15, -0.1) is 11.3 Å². The summed E-state index contributed by atoms with van der Waals surface area (Å²) in [6.07, 6.45) is 5.66. The van der Waals surface area contributed by atoms with E-state index in [1.165, 1.54) is 17.7 Å². The smallest absolute Gasteiger partial charge is 0.129 e. The molecule has 0 radical (unpaired) electrons. The van der Waals surface area contributed by atoms with Gasteiger partial charge in [0.1, 0.15) is 5.78 Å². The lowest BCUT2D eigenvalue weighted by molar-refractivity contribution is -0.117. The predicted octanol–water partition coefficient (Wildman–Crippen LogP) is 3.47. The van der Waals surface area contributed by atoms with Gasteiger partial charge in [-0.05, 0) is 50.6 Å². The predicted molar refractivity (Wildman–Crippen MR) is 72.3 cm³/mol. The van der Waals surface area contributed by atoms with Crippen molar-refractivity contribution in [2.24, 2.45) is 0 Å². The van der Waals surface area contributed by atoms with E-state index in [1.807, 2.05) is 11.3 Å². The third kappa shape index (κ3) is 4.60. The van der Waals surface area contributed by atoms with E-state index in [1.54, 1.807) is 6.92 Å². The maximum atomic E-state index is 10.9. The maximum absolute atomic E-state index is 10.9. The summed E-state index contributed by atoms with van der Waals surface area (Å²) in [5, 5.41) is 2.15. The monoisotopic (exact) mass is 251 g/mol. The molecule has 0 aromatic carbocycles. The van der Waals surface area contributed by atoms with Crippen LogP contribution in [0.25, 0.3) is 0 Å². The third-order valence-corrected chi connectivity index (χ3v) is 4.09. The summed E-state index contributed by atoms with van der Waals surface area (Å²) in [6, 6.07) is 5.16. The lowest BCUT2D eigenvalue weighted by Crippen LogP contribution is -2.26. The molecule has 1 aliphatic rings. The first kappa shape index (κ1) is 12.8. The van der Waals surface area contributed by atoms with Gasteiger partial charge in [0.2, 0.25) is 0 Å². The minimum atomic E-state index is 0.321. The first-order valence-electron chi connectivity index (χ1n) is 6.51. The van der Waals surface area contributed by atoms with Crippen LogP contribution in [0, 0.1) is 0 Å². The van der Waals surface area contributed by atoms with Gasteiger partial charge < -0.3 is 4.79 Å². The highest BCUT2D eigenvalue weighted by atomic mass is 32.1. The fourth-order valence-electron chi connectivity index (χ4n) is 2.12. The number of carbonyl (C=O) groups excluding carboxylic acids is 1. The first-order chi connectivity index (χ1) is 8.25. The van der Waals surface area contributed by atoms with Crippen molar-refractivity contribution in [3.8, 4) is 0 Å². The number of hydrogen-bond acceptors (Lipinski definition) is 3. The SMILES string of the molecule is CC(=O)CCCCN(Cc1cccs1)C1CC1. The summed E-state index contributed by atoms with van der Waals surface area (Å²) in [5.74, 6) is 0.321. The van der Waals surface area contributed by atoms with E-state index in [0.29, 0.717) is 5.78 Å². The Morgan fingerprint density at radius 3 is 2.88 bits per heavy atom. The Morgan fingerprint density at radius 1 is 1.47 bits per heavy atom. The Morgan fingerprint density at radius 2 is 2.29 bits per heavy atom. The normalized spacial score (nSPS) is 15.4. The van der Waals surface area contributed by atoms with Crippen LogP contribution in [0.4, 0.5) is 0 Å². The van der Waals surface area contributed by atoms with Gasteiger partial charge in [0.15, 0.2) is 0 Å². The Balaban J connectivity index is 1.72. The second-order valence-electron chi connectivity index (χ2n) is 4.94. The molecule has 0 bridgehead atoms. The Bertz CT molecular complexity index is 343. The number of thiophene rings is 1. The van der Waals surface area contributed by atoms with E-state index in [4.69, 9.17) is 0 Å². The molecule has 0 aliphatic heterocycles. The number of carbonyl (C=O) groups is 1. The van der Waals surface area contributed by atoms with E-state index >= 15 is 0 Å². The number of Topliss-reactive ketones (excluding diaryl/α,β-unsaturated/α-hetero) is 1. The number of unbranched alkanes of at least 4 members (excludes halogenated alkanes) is 1. The molecule has 0 N–H and O–H groups in total. The minimum Gasteiger partial charge on any atom is -0.300 e. The molecule has 1 heterocycles. The molecule has 1 aromatic rings. The van der Waals surface area contributed by atoms with Gasteiger partial charge in [0, 0.05) is 23.9 Å². The van der Waals surface area contributed by atoms with Crippen LogP contribution in [0.5, 0.6) is 0 Å². The molecular weight excluding hydrogens is 230 g/mol. The van der Waals surface area contributed by atoms with Gasteiger partial charge in [-0.1, -0.05) is 6.07 Å². The molecule has 1 fully saturated rings. The summed E-state index contributed by atoms with van der Waals surface area (Å²) in [5.41, 5.74) is 0. The van der Waals surface area contributed by atoms with Crippen molar-refractivity contribution >= 4 is 17.1 Å². The van der Waals surface area contributed by atoms with E-state index < -0.39 is 0 Å². The summed E-state index contributed by atoms with van der Waals surface area (Å²) >= 11 is 1.84. The highest BCUT2D eigenvalue weighted by Crippen LogP contribution is 2.29. The fraction of sp³-hybridized carbons (Fsp3) is 0.643. The Labute approximate surface area is 108 Å². The van der Waals surface area contributed by atoms with Crippen molar-refractivity contribution in [2.75, 3.05) is 6.54 Å². The van der Waals surface area contributed by atoms with Crippen molar-refractivity contribution in [1.29, 1.82) is 0 Å². The van der Waals surface area contributed by atoms with Crippen molar-refractivity contribution in [3.63, 3.8) is 0 Å². The van der Waals surface area contributed by atoms with Gasteiger partial charge in [-0.3, -0.25) is 4.90 Å². The van der Waals surface area contributed by atoms with Crippen molar-refractivity contribution in [1.82, 2.24) is 4.90 Å². The van der Waals surface area contributed by atoms with Gasteiger partial charge in [0.05, 0.1) is 0 Å². The number of rotatable bonds is 8. The fourth-order valence-corrected chi connectivity index (χ4v) is 2.85. The molecule has 0 saturated heterocycles. The third-order valence-electron chi connectivity index (χ3n) is 3.23. The molecule has 1 aromatic heterocycles. The summed E-state index contributed by atoms with van der Waals surface area (Å²) in [6.45, 7) is 3.93. The molecule has 0 atom stereocenters. The quantitative estimate of drug-likeness (QED) is 0.659. The standard InChI is InChI=1S/C14H21NOS/c1-12(16)5-2-3-9-15(13-7-8-13)11-14-6-4-10-17-14/h4,6,10,13H,2-3,5,7-9,11H2,1H3. The molecule has 0 spiro atoms. The summed E-state index contributed by atoms with van der Waals surface area (Å²) in [4.78, 5) is 14.9. The maximum Gasteiger partial charge on any atom is 0.129 e. The minimum absolute atomic E-state index is 0.321. The Hall–Kier alpha value is -0.670. The molecule has 2 rings (SSSR count). The van der Waals surface area contributed by atoms with Crippen molar-refractivity contribution in [2.45, 2.75) is 51.6 Å². The molecular formula is C14H21NOS. The van der Waals surface area contributed by atoms with Gasteiger partial charge >= 0.3 is 0 Å². The van der Waals surface area contributed by atoms with Crippen LogP contribution < -0.4 is 0 Å². The highest BCUT2D eigenvalue weighted by molar-refractivity contribution is 7.09. The second kappa shape index (κ2) is 6.31. The van der Waals surface area contributed by atoms with Crippen LogP contribution in [-0.4, -0.2) is 23.3 Å². The van der Waals surface area contributed by atoms with Crippen LogP contribution in [0.1, 0.15) is 43.9 Å². The van der Waals surface area contributed by atoms with Crippen LogP contribution in [0.2, 0.25) is 0 Å². The second-order valence-corrected chi connectivity index (χ2v) is 5.97. The highest BCUT2D eigenvalue weighted by Gasteiger charge is 2.28. The van der Waals surface area contributed by atoms with Gasteiger partial charge in [-0.25, -0.2) is 0 Å². The lowest BCUT2D eigenvalue weighted by atomic mass is 10.2. The van der Waals surface area contributed by atoms with Gasteiger partial charge in [-0.2, -0.15) is 0 Å². The molecule has 17 heavy (non-hydrogen) atoms. The molecule has 94 valence electrons. The molecule has 0 amide bonds. The van der Waals surface area contributed by atoms with Crippen LogP contribution in [0.3, 0.4) is 0 Å². The molecule has 1 saturated carbocycles. The van der Waals surface area contributed by atoms with Crippen LogP contribution in [0.15, 0.2) is 17.5 Å².